The molecule has 1 aromatic rings. The number of nitrogens with zero attached hydrogens (tertiary/aromatic N) is 2. The molecule has 0 fully saturated rings. The highest BCUT2D eigenvalue weighted by molar-refractivity contribution is 14.0. The molecule has 146 valence electrons. The Morgan fingerprint density at radius 1 is 1.31 bits per heavy atom. The normalized spacial score (nSPS) is 10.7. The number of allylic oxidation sites excluding steroid dienone is 1. The Morgan fingerprint density at radius 2 is 2.08 bits per heavy atom. The number of rotatable bonds is 10. The predicted molar refractivity (Wildman–Crippen MR) is 121 cm³/mol. The Kier molecular flexibility index (Phi) is 13.7. The molecule has 0 saturated carbocycles. The molecular formula is C20H33IN4O. The van der Waals surface area contributed by atoms with Gasteiger partial charge in [0.1, 0.15) is 0 Å². The Morgan fingerprint density at radius 3 is 2.73 bits per heavy atom. The summed E-state index contributed by atoms with van der Waals surface area (Å²) >= 11 is 0. The summed E-state index contributed by atoms with van der Waals surface area (Å²) in [7, 11) is 2.04. The molecule has 5 nitrogen and oxygen atoms in total. The van der Waals surface area contributed by atoms with E-state index in [9.17, 15) is 4.79 Å². The summed E-state index contributed by atoms with van der Waals surface area (Å²) in [5.74, 6) is 0.855. The number of carbonyl (C=O) groups is 1. The molecule has 0 atom stereocenters. The zero-order valence-corrected chi connectivity index (χ0v) is 18.6. The molecule has 0 spiro atoms. The van der Waals surface area contributed by atoms with Crippen LogP contribution in [0.15, 0.2) is 41.9 Å². The molecule has 0 saturated heterocycles. The van der Waals surface area contributed by atoms with Gasteiger partial charge in [0.15, 0.2) is 5.96 Å². The maximum Gasteiger partial charge on any atom is 0.251 e. The molecule has 0 unspecified atom stereocenters. The van der Waals surface area contributed by atoms with E-state index >= 15 is 0 Å². The maximum absolute atomic E-state index is 12.1. The summed E-state index contributed by atoms with van der Waals surface area (Å²) in [5.41, 5.74) is 1.71. The van der Waals surface area contributed by atoms with Gasteiger partial charge in [0, 0.05) is 32.2 Å². The van der Waals surface area contributed by atoms with Crippen LogP contribution in [0.3, 0.4) is 0 Å². The first-order valence-electron chi connectivity index (χ1n) is 9.09. The Balaban J connectivity index is 0.00000625. The average molecular weight is 472 g/mol. The standard InChI is InChI=1S/C20H32N4O.HI/c1-5-8-9-14-24(4)20(21-7-3)23-16-17-11-10-12-18(15-17)19(25)22-13-6-2;/h5,10-12,15H,1,6-9,13-14,16H2,2-4H3,(H,21,23)(H,22,25);1H. The first-order valence-corrected chi connectivity index (χ1v) is 9.09. The lowest BCUT2D eigenvalue weighted by molar-refractivity contribution is 0.0953. The molecule has 0 heterocycles. The van der Waals surface area contributed by atoms with Gasteiger partial charge in [-0.1, -0.05) is 25.1 Å². The van der Waals surface area contributed by atoms with Crippen LogP contribution in [-0.2, 0) is 6.54 Å². The molecule has 0 aliphatic heterocycles. The number of nitrogens with one attached hydrogen (secondary N) is 2. The van der Waals surface area contributed by atoms with Gasteiger partial charge in [0.2, 0.25) is 0 Å². The first-order chi connectivity index (χ1) is 12.1. The number of benzene rings is 1. The highest BCUT2D eigenvalue weighted by Crippen LogP contribution is 2.07. The van der Waals surface area contributed by atoms with Gasteiger partial charge in [-0.3, -0.25) is 4.79 Å². The second kappa shape index (κ2) is 14.6. The average Bonchev–Trinajstić information content (AvgIpc) is 2.63. The third kappa shape index (κ3) is 9.22. The molecule has 0 radical (unpaired) electrons. The van der Waals surface area contributed by atoms with Crippen molar-refractivity contribution in [1.29, 1.82) is 0 Å². The number of hydrogen-bond donors (Lipinski definition) is 2. The number of aliphatic imine (C=N–C) groups is 1. The van der Waals surface area contributed by atoms with E-state index in [1.165, 1.54) is 0 Å². The molecule has 26 heavy (non-hydrogen) atoms. The fourth-order valence-electron chi connectivity index (χ4n) is 2.37. The van der Waals surface area contributed by atoms with Crippen LogP contribution in [0.5, 0.6) is 0 Å². The Bertz CT molecular complexity index is 575. The largest absolute Gasteiger partial charge is 0.357 e. The summed E-state index contributed by atoms with van der Waals surface area (Å²) in [6, 6.07) is 7.66. The van der Waals surface area contributed by atoms with Crippen LogP contribution in [-0.4, -0.2) is 43.4 Å². The number of guanidine groups is 1. The fourth-order valence-corrected chi connectivity index (χ4v) is 2.37. The van der Waals surface area contributed by atoms with Gasteiger partial charge in [-0.05, 0) is 43.9 Å². The van der Waals surface area contributed by atoms with Crippen LogP contribution < -0.4 is 10.6 Å². The minimum absolute atomic E-state index is 0. The molecule has 0 aromatic heterocycles. The van der Waals surface area contributed by atoms with E-state index in [0.29, 0.717) is 18.7 Å². The summed E-state index contributed by atoms with van der Waals surface area (Å²) in [4.78, 5) is 18.9. The van der Waals surface area contributed by atoms with Crippen LogP contribution in [0.1, 0.15) is 49.0 Å². The summed E-state index contributed by atoms with van der Waals surface area (Å²) in [6.45, 7) is 10.9. The van der Waals surface area contributed by atoms with E-state index < -0.39 is 0 Å². The van der Waals surface area contributed by atoms with Crippen molar-refractivity contribution in [2.24, 2.45) is 4.99 Å². The zero-order chi connectivity index (χ0) is 18.5. The monoisotopic (exact) mass is 472 g/mol. The molecule has 2 N–H and O–H groups in total. The lowest BCUT2D eigenvalue weighted by Crippen LogP contribution is -2.39. The lowest BCUT2D eigenvalue weighted by atomic mass is 10.1. The first kappa shape index (κ1) is 24.4. The zero-order valence-electron chi connectivity index (χ0n) is 16.3. The third-order valence-corrected chi connectivity index (χ3v) is 3.73. The van der Waals surface area contributed by atoms with Crippen molar-refractivity contribution in [1.82, 2.24) is 15.5 Å². The van der Waals surface area contributed by atoms with Gasteiger partial charge in [-0.15, -0.1) is 30.6 Å². The van der Waals surface area contributed by atoms with Crippen molar-refractivity contribution < 1.29 is 4.79 Å². The van der Waals surface area contributed by atoms with E-state index in [1.807, 2.05) is 44.3 Å². The number of amides is 1. The highest BCUT2D eigenvalue weighted by Gasteiger charge is 2.07. The van der Waals surface area contributed by atoms with Crippen LogP contribution in [0.4, 0.5) is 0 Å². The maximum atomic E-state index is 12.1. The molecule has 0 bridgehead atoms. The van der Waals surface area contributed by atoms with Crippen molar-refractivity contribution >= 4 is 35.8 Å². The predicted octanol–water partition coefficient (Wildman–Crippen LogP) is 3.81. The van der Waals surface area contributed by atoms with Crippen LogP contribution >= 0.6 is 24.0 Å². The second-order valence-corrected chi connectivity index (χ2v) is 5.98. The molecule has 0 aliphatic rings. The molecular weight excluding hydrogens is 439 g/mol. The highest BCUT2D eigenvalue weighted by atomic mass is 127. The number of unbranched alkanes of at least 4 members (excludes halogenated alkanes) is 1. The second-order valence-electron chi connectivity index (χ2n) is 5.98. The van der Waals surface area contributed by atoms with Crippen LogP contribution in [0.2, 0.25) is 0 Å². The SMILES string of the molecule is C=CCCCN(C)C(=NCc1cccc(C(=O)NCCC)c1)NCC.I. The van der Waals surface area contributed by atoms with Crippen molar-refractivity contribution in [3.63, 3.8) is 0 Å². The number of halogens is 1. The fraction of sp³-hybridized carbons (Fsp3) is 0.500. The van der Waals surface area contributed by atoms with E-state index in [1.54, 1.807) is 0 Å². The van der Waals surface area contributed by atoms with Gasteiger partial charge < -0.3 is 15.5 Å². The molecule has 1 amide bonds. The lowest BCUT2D eigenvalue weighted by Gasteiger charge is -2.21. The Labute approximate surface area is 175 Å². The molecule has 6 heteroatoms. The summed E-state index contributed by atoms with van der Waals surface area (Å²) in [6.07, 6.45) is 4.92. The molecule has 1 rings (SSSR count). The smallest absolute Gasteiger partial charge is 0.251 e. The van der Waals surface area contributed by atoms with Crippen LogP contribution in [0, 0.1) is 0 Å². The van der Waals surface area contributed by atoms with E-state index in [0.717, 1.165) is 43.9 Å². The third-order valence-electron chi connectivity index (χ3n) is 3.73. The number of carbonyl (C=O) groups excluding carboxylic acids is 1. The van der Waals surface area contributed by atoms with Crippen molar-refractivity contribution in [3.8, 4) is 0 Å². The number of hydrogen-bond acceptors (Lipinski definition) is 2. The summed E-state index contributed by atoms with van der Waals surface area (Å²) < 4.78 is 0. The summed E-state index contributed by atoms with van der Waals surface area (Å²) in [5, 5.41) is 6.22. The molecule has 1 aromatic carbocycles. The topological polar surface area (TPSA) is 56.7 Å². The van der Waals surface area contributed by atoms with Crippen LogP contribution in [0.25, 0.3) is 0 Å². The minimum Gasteiger partial charge on any atom is -0.357 e. The van der Waals surface area contributed by atoms with Gasteiger partial charge in [-0.25, -0.2) is 4.99 Å². The minimum atomic E-state index is -0.0267. The van der Waals surface area contributed by atoms with Gasteiger partial charge >= 0.3 is 0 Å². The van der Waals surface area contributed by atoms with Gasteiger partial charge in [0.05, 0.1) is 6.54 Å². The van der Waals surface area contributed by atoms with E-state index in [2.05, 4.69) is 29.0 Å². The quantitative estimate of drug-likeness (QED) is 0.179. The van der Waals surface area contributed by atoms with Crippen molar-refractivity contribution in [2.75, 3.05) is 26.7 Å². The Hall–Kier alpha value is -1.57. The van der Waals surface area contributed by atoms with E-state index in [4.69, 9.17) is 4.99 Å². The molecule has 0 aliphatic carbocycles. The van der Waals surface area contributed by atoms with E-state index in [-0.39, 0.29) is 29.9 Å². The van der Waals surface area contributed by atoms with Gasteiger partial charge in [0.25, 0.3) is 5.91 Å². The van der Waals surface area contributed by atoms with Gasteiger partial charge in [-0.2, -0.15) is 0 Å². The van der Waals surface area contributed by atoms with Crippen molar-refractivity contribution in [2.45, 2.75) is 39.7 Å². The van der Waals surface area contributed by atoms with Crippen molar-refractivity contribution in [3.05, 3.63) is 48.0 Å².